The molecule has 3 nitrogen and oxygen atoms in total. The third-order valence-corrected chi connectivity index (χ3v) is 7.32. The minimum atomic E-state index is 0.414. The van der Waals surface area contributed by atoms with Gasteiger partial charge in [-0.1, -0.05) is 66.2 Å². The molecule has 0 radical (unpaired) electrons. The maximum absolute atomic E-state index is 12.4. The van der Waals surface area contributed by atoms with E-state index in [0.717, 1.165) is 25.9 Å². The highest BCUT2D eigenvalue weighted by molar-refractivity contribution is 5.76. The van der Waals surface area contributed by atoms with Crippen molar-refractivity contribution in [2.45, 2.75) is 111 Å². The van der Waals surface area contributed by atoms with Crippen molar-refractivity contribution in [3.05, 3.63) is 0 Å². The standard InChI is InChI=1S/C25H48N2O/c1-5-7-9-10-11-13-23(28)27-19-16-25(17-20-27)21-26(22-25)18-12-15-24(3,4)14-8-6-2/h5-22H2,1-4H3. The molecule has 3 heteroatoms. The molecule has 1 amide bonds. The summed E-state index contributed by atoms with van der Waals surface area (Å²) < 4.78 is 0. The lowest BCUT2D eigenvalue weighted by Crippen LogP contribution is -2.60. The van der Waals surface area contributed by atoms with E-state index in [0.29, 0.717) is 16.7 Å². The van der Waals surface area contributed by atoms with Gasteiger partial charge in [-0.15, -0.1) is 0 Å². The van der Waals surface area contributed by atoms with Gasteiger partial charge in [-0.2, -0.15) is 0 Å². The van der Waals surface area contributed by atoms with Gasteiger partial charge in [-0.05, 0) is 55.9 Å². The molecule has 0 bridgehead atoms. The summed E-state index contributed by atoms with van der Waals surface area (Å²) in [6, 6.07) is 0. The van der Waals surface area contributed by atoms with E-state index in [4.69, 9.17) is 0 Å². The number of nitrogens with zero attached hydrogens (tertiary/aromatic N) is 2. The van der Waals surface area contributed by atoms with Crippen molar-refractivity contribution in [1.82, 2.24) is 9.80 Å². The maximum atomic E-state index is 12.4. The molecule has 0 aromatic carbocycles. The Bertz CT molecular complexity index is 443. The number of likely N-dealkylation sites (tertiary alicyclic amines) is 2. The molecule has 1 spiro atoms. The van der Waals surface area contributed by atoms with Crippen LogP contribution in [0.2, 0.25) is 0 Å². The summed E-state index contributed by atoms with van der Waals surface area (Å²) in [6.45, 7) is 15.3. The zero-order valence-electron chi connectivity index (χ0n) is 19.5. The van der Waals surface area contributed by atoms with Gasteiger partial charge in [0.15, 0.2) is 0 Å². The van der Waals surface area contributed by atoms with Gasteiger partial charge in [0, 0.05) is 32.6 Å². The summed E-state index contributed by atoms with van der Waals surface area (Å²) in [5, 5.41) is 0. The fraction of sp³-hybridized carbons (Fsp3) is 0.960. The van der Waals surface area contributed by atoms with Crippen LogP contribution in [0.25, 0.3) is 0 Å². The molecule has 2 rings (SSSR count). The Hall–Kier alpha value is -0.570. The molecule has 2 saturated heterocycles. The number of hydrogen-bond acceptors (Lipinski definition) is 2. The van der Waals surface area contributed by atoms with Crippen LogP contribution in [0, 0.1) is 10.8 Å². The number of carbonyl (C=O) groups is 1. The quantitative estimate of drug-likeness (QED) is 0.345. The summed E-state index contributed by atoms with van der Waals surface area (Å²) in [6.07, 6.45) is 16.2. The van der Waals surface area contributed by atoms with Gasteiger partial charge in [0.05, 0.1) is 0 Å². The van der Waals surface area contributed by atoms with E-state index in [-0.39, 0.29) is 0 Å². The zero-order valence-corrected chi connectivity index (χ0v) is 19.5. The molecular formula is C25H48N2O. The minimum Gasteiger partial charge on any atom is -0.343 e. The van der Waals surface area contributed by atoms with Gasteiger partial charge >= 0.3 is 0 Å². The Morgan fingerprint density at radius 3 is 2.11 bits per heavy atom. The second-order valence-electron chi connectivity index (χ2n) is 10.6. The molecule has 0 aromatic heterocycles. The van der Waals surface area contributed by atoms with Crippen molar-refractivity contribution in [1.29, 1.82) is 0 Å². The van der Waals surface area contributed by atoms with Gasteiger partial charge in [-0.25, -0.2) is 0 Å². The Morgan fingerprint density at radius 2 is 1.46 bits per heavy atom. The second-order valence-corrected chi connectivity index (χ2v) is 10.6. The fourth-order valence-electron chi connectivity index (χ4n) is 5.21. The molecular weight excluding hydrogens is 344 g/mol. The van der Waals surface area contributed by atoms with Crippen molar-refractivity contribution in [3.63, 3.8) is 0 Å². The maximum Gasteiger partial charge on any atom is 0.222 e. The average Bonchev–Trinajstić information content (AvgIpc) is 2.65. The highest BCUT2D eigenvalue weighted by atomic mass is 16.2. The van der Waals surface area contributed by atoms with Crippen LogP contribution in [0.3, 0.4) is 0 Å². The normalized spacial score (nSPS) is 19.8. The van der Waals surface area contributed by atoms with Gasteiger partial charge < -0.3 is 9.80 Å². The van der Waals surface area contributed by atoms with Crippen LogP contribution in [0.1, 0.15) is 111 Å². The smallest absolute Gasteiger partial charge is 0.222 e. The molecule has 0 aromatic rings. The summed E-state index contributed by atoms with van der Waals surface area (Å²) in [5.74, 6) is 0.414. The Balaban J connectivity index is 1.56. The number of amides is 1. The van der Waals surface area contributed by atoms with Gasteiger partial charge in [-0.3, -0.25) is 4.79 Å². The predicted molar refractivity (Wildman–Crippen MR) is 121 cm³/mol. The third kappa shape index (κ3) is 7.69. The van der Waals surface area contributed by atoms with Crippen LogP contribution >= 0.6 is 0 Å². The van der Waals surface area contributed by atoms with Crippen LogP contribution in [-0.2, 0) is 4.79 Å². The molecule has 164 valence electrons. The van der Waals surface area contributed by atoms with Crippen molar-refractivity contribution >= 4 is 5.91 Å². The van der Waals surface area contributed by atoms with Crippen molar-refractivity contribution in [3.8, 4) is 0 Å². The molecule has 2 aliphatic rings. The monoisotopic (exact) mass is 392 g/mol. The van der Waals surface area contributed by atoms with Crippen molar-refractivity contribution < 1.29 is 4.79 Å². The van der Waals surface area contributed by atoms with E-state index < -0.39 is 0 Å². The van der Waals surface area contributed by atoms with Crippen LogP contribution in [0.15, 0.2) is 0 Å². The van der Waals surface area contributed by atoms with E-state index in [1.807, 2.05) is 0 Å². The molecule has 0 N–H and O–H groups in total. The summed E-state index contributed by atoms with van der Waals surface area (Å²) >= 11 is 0. The van der Waals surface area contributed by atoms with Crippen LogP contribution in [-0.4, -0.2) is 48.4 Å². The predicted octanol–water partition coefficient (Wildman–Crippen LogP) is 6.27. The third-order valence-electron chi connectivity index (χ3n) is 7.32. The Labute approximate surface area is 175 Å². The Kier molecular flexibility index (Phi) is 9.80. The van der Waals surface area contributed by atoms with Crippen LogP contribution in [0.4, 0.5) is 0 Å². The highest BCUT2D eigenvalue weighted by Gasteiger charge is 2.44. The van der Waals surface area contributed by atoms with E-state index in [1.165, 1.54) is 90.3 Å². The first kappa shape index (κ1) is 23.7. The van der Waals surface area contributed by atoms with E-state index in [2.05, 4.69) is 37.5 Å². The number of hydrogen-bond donors (Lipinski definition) is 0. The summed E-state index contributed by atoms with van der Waals surface area (Å²) in [7, 11) is 0. The Morgan fingerprint density at radius 1 is 0.857 bits per heavy atom. The van der Waals surface area contributed by atoms with Crippen LogP contribution < -0.4 is 0 Å². The first-order valence-electron chi connectivity index (χ1n) is 12.4. The molecule has 28 heavy (non-hydrogen) atoms. The SMILES string of the molecule is CCCCCCCC(=O)N1CCC2(CC1)CN(CCCC(C)(C)CCCC)C2. The summed E-state index contributed by atoms with van der Waals surface area (Å²) in [4.78, 5) is 17.3. The molecule has 2 heterocycles. The molecule has 2 aliphatic heterocycles. The fourth-order valence-corrected chi connectivity index (χ4v) is 5.21. The van der Waals surface area contributed by atoms with E-state index in [1.54, 1.807) is 0 Å². The van der Waals surface area contributed by atoms with Gasteiger partial charge in [0.1, 0.15) is 0 Å². The number of unbranched alkanes of at least 4 members (excludes halogenated alkanes) is 5. The first-order valence-corrected chi connectivity index (χ1v) is 12.4. The lowest BCUT2D eigenvalue weighted by Gasteiger charge is -2.54. The largest absolute Gasteiger partial charge is 0.343 e. The molecule has 2 fully saturated rings. The number of rotatable bonds is 13. The van der Waals surface area contributed by atoms with Crippen LogP contribution in [0.5, 0.6) is 0 Å². The number of piperidine rings is 1. The van der Waals surface area contributed by atoms with Gasteiger partial charge in [0.25, 0.3) is 0 Å². The van der Waals surface area contributed by atoms with Crippen molar-refractivity contribution in [2.75, 3.05) is 32.7 Å². The lowest BCUT2D eigenvalue weighted by atomic mass is 9.71. The second kappa shape index (κ2) is 11.6. The molecule has 0 unspecified atom stereocenters. The zero-order chi connectivity index (χ0) is 20.5. The molecule has 0 aliphatic carbocycles. The average molecular weight is 393 g/mol. The van der Waals surface area contributed by atoms with Crippen molar-refractivity contribution in [2.24, 2.45) is 10.8 Å². The lowest BCUT2D eigenvalue weighted by molar-refractivity contribution is -0.136. The summed E-state index contributed by atoms with van der Waals surface area (Å²) in [5.41, 5.74) is 1.05. The molecule has 0 atom stereocenters. The first-order chi connectivity index (χ1) is 13.4. The van der Waals surface area contributed by atoms with Gasteiger partial charge in [0.2, 0.25) is 5.91 Å². The van der Waals surface area contributed by atoms with E-state index >= 15 is 0 Å². The molecule has 0 saturated carbocycles. The number of carbonyl (C=O) groups excluding carboxylic acids is 1. The minimum absolute atomic E-state index is 0.414. The highest BCUT2D eigenvalue weighted by Crippen LogP contribution is 2.41. The topological polar surface area (TPSA) is 23.6 Å². The van der Waals surface area contributed by atoms with E-state index in [9.17, 15) is 4.79 Å².